The fourth-order valence-corrected chi connectivity index (χ4v) is 1.53. The van der Waals surface area contributed by atoms with E-state index in [1.807, 2.05) is 11.5 Å². The highest BCUT2D eigenvalue weighted by molar-refractivity contribution is 6.02. The molecule has 1 aromatic rings. The third kappa shape index (κ3) is 1.02. The van der Waals surface area contributed by atoms with Crippen LogP contribution in [-0.2, 0) is 6.54 Å². The molecule has 0 aromatic carbocycles. The van der Waals surface area contributed by atoms with Crippen molar-refractivity contribution in [2.75, 3.05) is 11.9 Å². The number of urea groups is 1. The number of carbonyl (C=O) groups is 1. The van der Waals surface area contributed by atoms with Crippen LogP contribution in [0.5, 0.6) is 0 Å². The van der Waals surface area contributed by atoms with E-state index in [4.69, 9.17) is 0 Å². The second-order valence-electron chi connectivity index (χ2n) is 3.17. The Hall–Kier alpha value is -1.78. The quantitative estimate of drug-likeness (QED) is 0.722. The minimum Gasteiger partial charge on any atom is -0.328 e. The van der Waals surface area contributed by atoms with Crippen LogP contribution in [-0.4, -0.2) is 22.6 Å². The summed E-state index contributed by atoms with van der Waals surface area (Å²) in [5.41, 5.74) is 1.50. The van der Waals surface area contributed by atoms with E-state index in [9.17, 15) is 4.79 Å². The van der Waals surface area contributed by atoms with E-state index >= 15 is 0 Å². The maximum absolute atomic E-state index is 11.4. The molecule has 1 aromatic heterocycles. The third-order valence-corrected chi connectivity index (χ3v) is 2.33. The molecule has 1 aliphatic heterocycles. The van der Waals surface area contributed by atoms with Gasteiger partial charge in [0.15, 0.2) is 5.82 Å². The summed E-state index contributed by atoms with van der Waals surface area (Å²) < 4.78 is 1.95. The second-order valence-corrected chi connectivity index (χ2v) is 3.17. The molecule has 2 rings (SSSR count). The van der Waals surface area contributed by atoms with Gasteiger partial charge in [0.2, 0.25) is 0 Å². The van der Waals surface area contributed by atoms with Gasteiger partial charge in [0, 0.05) is 13.6 Å². The van der Waals surface area contributed by atoms with Crippen LogP contribution in [0.3, 0.4) is 0 Å². The number of carbonyl (C=O) groups excluding carboxylic acids is 1. The van der Waals surface area contributed by atoms with Gasteiger partial charge in [0.1, 0.15) is 5.69 Å². The lowest BCUT2D eigenvalue weighted by molar-refractivity contribution is 0.250. The predicted molar refractivity (Wildman–Crippen MR) is 53.9 cm³/mol. The molecule has 0 bridgehead atoms. The molecule has 0 fully saturated rings. The molecule has 74 valence electrons. The Morgan fingerprint density at radius 1 is 1.64 bits per heavy atom. The molecule has 1 N–H and O–H groups in total. The first-order chi connectivity index (χ1) is 6.65. The summed E-state index contributed by atoms with van der Waals surface area (Å²) in [6.45, 7) is 6.63. The molecule has 2 amide bonds. The van der Waals surface area contributed by atoms with Gasteiger partial charge in [-0.05, 0) is 6.92 Å². The van der Waals surface area contributed by atoms with Gasteiger partial charge >= 0.3 is 6.03 Å². The first-order valence-corrected chi connectivity index (χ1v) is 4.44. The summed E-state index contributed by atoms with van der Waals surface area (Å²) in [5.74, 6) is 0.667. The minimum absolute atomic E-state index is 0.191. The lowest BCUT2D eigenvalue weighted by atomic mass is 10.2. The summed E-state index contributed by atoms with van der Waals surface area (Å²) in [4.78, 5) is 17.0. The zero-order valence-corrected chi connectivity index (χ0v) is 8.24. The molecule has 2 heterocycles. The lowest BCUT2D eigenvalue weighted by Gasteiger charge is -2.24. The summed E-state index contributed by atoms with van der Waals surface area (Å²) in [6, 6.07) is -0.191. The molecule has 5 nitrogen and oxygen atoms in total. The van der Waals surface area contributed by atoms with Crippen molar-refractivity contribution in [3.8, 4) is 0 Å². The van der Waals surface area contributed by atoms with E-state index in [-0.39, 0.29) is 6.03 Å². The van der Waals surface area contributed by atoms with E-state index in [0.717, 1.165) is 12.2 Å². The van der Waals surface area contributed by atoms with Gasteiger partial charge in [-0.2, -0.15) is 0 Å². The Bertz CT molecular complexity index is 407. The van der Waals surface area contributed by atoms with Crippen molar-refractivity contribution in [1.29, 1.82) is 0 Å². The van der Waals surface area contributed by atoms with Gasteiger partial charge in [0.05, 0.1) is 12.0 Å². The van der Waals surface area contributed by atoms with Gasteiger partial charge in [0.25, 0.3) is 0 Å². The predicted octanol–water partition coefficient (Wildman–Crippen LogP) is 1.03. The Morgan fingerprint density at radius 2 is 2.36 bits per heavy atom. The molecule has 0 atom stereocenters. The average molecular weight is 192 g/mol. The molecule has 0 unspecified atom stereocenters. The largest absolute Gasteiger partial charge is 0.328 e. The maximum atomic E-state index is 11.4. The van der Waals surface area contributed by atoms with Gasteiger partial charge < -0.3 is 9.88 Å². The number of rotatable bonds is 1. The fourth-order valence-electron chi connectivity index (χ4n) is 1.53. The fraction of sp³-hybridized carbons (Fsp3) is 0.333. The van der Waals surface area contributed by atoms with Crippen LogP contribution in [0, 0.1) is 0 Å². The number of hydrogen-bond donors (Lipinski definition) is 1. The summed E-state index contributed by atoms with van der Waals surface area (Å²) >= 11 is 0. The molecular weight excluding hydrogens is 180 g/mol. The molecule has 1 aliphatic rings. The lowest BCUT2D eigenvalue weighted by Crippen LogP contribution is -2.41. The zero-order chi connectivity index (χ0) is 10.3. The summed E-state index contributed by atoms with van der Waals surface area (Å²) in [6.07, 6.45) is 1.71. The van der Waals surface area contributed by atoms with E-state index in [2.05, 4.69) is 16.9 Å². The number of hydrogen-bond acceptors (Lipinski definition) is 2. The van der Waals surface area contributed by atoms with Crippen LogP contribution in [0.2, 0.25) is 0 Å². The van der Waals surface area contributed by atoms with Gasteiger partial charge in [-0.15, -0.1) is 0 Å². The van der Waals surface area contributed by atoms with Crippen LogP contribution < -0.4 is 10.2 Å². The Kier molecular flexibility index (Phi) is 1.80. The molecule has 14 heavy (non-hydrogen) atoms. The summed E-state index contributed by atoms with van der Waals surface area (Å²) in [5, 5.41) is 2.68. The number of imidazole rings is 1. The Morgan fingerprint density at radius 3 is 3.00 bits per heavy atom. The maximum Gasteiger partial charge on any atom is 0.327 e. The number of fused-ring (bicyclic) bond motifs is 1. The number of anilines is 1. The highest BCUT2D eigenvalue weighted by Gasteiger charge is 2.27. The smallest absolute Gasteiger partial charge is 0.327 e. The number of aromatic nitrogens is 2. The zero-order valence-electron chi connectivity index (χ0n) is 8.24. The minimum atomic E-state index is -0.191. The van der Waals surface area contributed by atoms with E-state index < -0.39 is 0 Å². The van der Waals surface area contributed by atoms with E-state index in [1.54, 1.807) is 13.4 Å². The SMILES string of the molecule is C=C1NC(=O)N(C)c2ncn(CC)c21. The normalized spacial score (nSPS) is 15.4. The molecule has 0 radical (unpaired) electrons. The van der Waals surface area contributed by atoms with E-state index in [0.29, 0.717) is 11.5 Å². The number of aryl methyl sites for hydroxylation is 1. The molecule has 0 aliphatic carbocycles. The topological polar surface area (TPSA) is 50.2 Å². The number of nitrogens with zero attached hydrogens (tertiary/aromatic N) is 3. The summed E-state index contributed by atoms with van der Waals surface area (Å²) in [7, 11) is 1.69. The number of nitrogens with one attached hydrogen (secondary N) is 1. The van der Waals surface area contributed by atoms with Crippen molar-refractivity contribution < 1.29 is 4.79 Å². The number of amides is 2. The molecule has 0 saturated heterocycles. The second kappa shape index (κ2) is 2.87. The van der Waals surface area contributed by atoms with Crippen molar-refractivity contribution in [2.24, 2.45) is 0 Å². The highest BCUT2D eigenvalue weighted by atomic mass is 16.2. The third-order valence-electron chi connectivity index (χ3n) is 2.33. The Labute approximate surface area is 82.0 Å². The molecular formula is C9H12N4O. The monoisotopic (exact) mass is 192 g/mol. The standard InChI is InChI=1S/C9H12N4O/c1-4-13-5-10-8-7(13)6(2)11-9(14)12(8)3/h5H,2,4H2,1,3H3,(H,11,14). The van der Waals surface area contributed by atoms with Crippen LogP contribution in [0.15, 0.2) is 12.9 Å². The van der Waals surface area contributed by atoms with Crippen molar-refractivity contribution in [3.05, 3.63) is 18.6 Å². The molecule has 5 heteroatoms. The van der Waals surface area contributed by atoms with Crippen molar-refractivity contribution >= 4 is 17.5 Å². The Balaban J connectivity index is 2.58. The first kappa shape index (κ1) is 8.80. The van der Waals surface area contributed by atoms with Gasteiger partial charge in [-0.1, -0.05) is 6.58 Å². The van der Waals surface area contributed by atoms with Crippen LogP contribution in [0.4, 0.5) is 10.6 Å². The van der Waals surface area contributed by atoms with E-state index in [1.165, 1.54) is 4.90 Å². The average Bonchev–Trinajstić information content (AvgIpc) is 2.58. The van der Waals surface area contributed by atoms with Gasteiger partial charge in [-0.3, -0.25) is 4.90 Å². The van der Waals surface area contributed by atoms with Crippen molar-refractivity contribution in [2.45, 2.75) is 13.5 Å². The molecule has 0 spiro atoms. The van der Waals surface area contributed by atoms with Crippen molar-refractivity contribution in [1.82, 2.24) is 14.9 Å². The first-order valence-electron chi connectivity index (χ1n) is 4.44. The molecule has 0 saturated carbocycles. The van der Waals surface area contributed by atoms with Crippen LogP contribution in [0.25, 0.3) is 5.70 Å². The van der Waals surface area contributed by atoms with Crippen molar-refractivity contribution in [3.63, 3.8) is 0 Å². The van der Waals surface area contributed by atoms with Gasteiger partial charge in [-0.25, -0.2) is 9.78 Å². The highest BCUT2D eigenvalue weighted by Crippen LogP contribution is 2.26. The van der Waals surface area contributed by atoms with Crippen LogP contribution in [0.1, 0.15) is 12.6 Å². The van der Waals surface area contributed by atoms with Crippen LogP contribution >= 0.6 is 0 Å².